The van der Waals surface area contributed by atoms with Crippen LogP contribution in [-0.2, 0) is 16.0 Å². The number of nitrogens with zero attached hydrogens (tertiary/aromatic N) is 2. The normalized spacial score (nSPS) is 27.0. The number of hydrogen-bond acceptors (Lipinski definition) is 4. The Hall–Kier alpha value is -2.44. The molecule has 0 saturated heterocycles. The fourth-order valence-electron chi connectivity index (χ4n) is 2.74. The van der Waals surface area contributed by atoms with E-state index >= 15 is 0 Å². The second-order valence-electron chi connectivity index (χ2n) is 5.15. The van der Waals surface area contributed by atoms with Crippen LogP contribution >= 0.6 is 0 Å². The zero-order valence-corrected chi connectivity index (χ0v) is 10.6. The molecule has 1 aromatic carbocycles. The van der Waals surface area contributed by atoms with Crippen molar-refractivity contribution in [1.82, 2.24) is 0 Å². The molecule has 3 atom stereocenters. The largest absolute Gasteiger partial charge is 0.368 e. The first-order valence-electron chi connectivity index (χ1n) is 6.34. The minimum Gasteiger partial charge on any atom is -0.368 e. The Kier molecular flexibility index (Phi) is 2.70. The van der Waals surface area contributed by atoms with E-state index in [9.17, 15) is 19.7 Å². The van der Waals surface area contributed by atoms with Gasteiger partial charge in [-0.25, -0.2) is 0 Å². The van der Waals surface area contributed by atoms with E-state index in [0.29, 0.717) is 12.1 Å². The molecule has 2 aliphatic rings. The van der Waals surface area contributed by atoms with Gasteiger partial charge in [0.2, 0.25) is 17.9 Å². The van der Waals surface area contributed by atoms with Crippen LogP contribution in [0.25, 0.3) is 0 Å². The zero-order chi connectivity index (χ0) is 14.4. The molecule has 1 aromatic rings. The third-order valence-electron chi connectivity index (χ3n) is 3.89. The molecule has 0 aromatic heterocycles. The number of amides is 2. The van der Waals surface area contributed by atoms with Gasteiger partial charge in [0.1, 0.15) is 12.0 Å². The van der Waals surface area contributed by atoms with Crippen LogP contribution in [0.4, 0.5) is 5.69 Å². The van der Waals surface area contributed by atoms with Crippen molar-refractivity contribution in [3.63, 3.8) is 0 Å². The maximum atomic E-state index is 12.4. The van der Waals surface area contributed by atoms with Crippen LogP contribution in [0.3, 0.4) is 0 Å². The Balaban J connectivity index is 1.91. The highest BCUT2D eigenvalue weighted by Gasteiger charge is 2.56. The fourth-order valence-corrected chi connectivity index (χ4v) is 2.74. The van der Waals surface area contributed by atoms with Crippen molar-refractivity contribution < 1.29 is 14.5 Å². The van der Waals surface area contributed by atoms with Gasteiger partial charge in [0.05, 0.1) is 0 Å². The molecular formula is C13H13N3O4. The first-order chi connectivity index (χ1) is 9.50. The molecule has 2 N–H and O–H groups in total. The van der Waals surface area contributed by atoms with Gasteiger partial charge in [0, 0.05) is 23.5 Å². The molecule has 0 spiro atoms. The average Bonchev–Trinajstić information content (AvgIpc) is 3.11. The maximum absolute atomic E-state index is 12.4. The monoisotopic (exact) mass is 275 g/mol. The SMILES string of the molecule is NC(=O)[C@@H]1Cc2ccccc2N1C(=O)[C@@H]1C[C@@H]1[N+](=O)[O-]. The number of anilines is 1. The van der Waals surface area contributed by atoms with Crippen molar-refractivity contribution in [3.05, 3.63) is 39.9 Å². The summed E-state index contributed by atoms with van der Waals surface area (Å²) < 4.78 is 0. The summed E-state index contributed by atoms with van der Waals surface area (Å²) in [6, 6.07) is 5.58. The van der Waals surface area contributed by atoms with E-state index < -0.39 is 28.8 Å². The van der Waals surface area contributed by atoms with E-state index in [4.69, 9.17) is 5.73 Å². The van der Waals surface area contributed by atoms with Gasteiger partial charge in [-0.3, -0.25) is 24.6 Å². The van der Waals surface area contributed by atoms with E-state index in [1.165, 1.54) is 4.90 Å². The highest BCUT2D eigenvalue weighted by molar-refractivity contribution is 6.05. The minimum absolute atomic E-state index is 0.232. The lowest BCUT2D eigenvalue weighted by atomic mass is 10.1. The van der Waals surface area contributed by atoms with Crippen molar-refractivity contribution in [2.24, 2.45) is 11.7 Å². The molecule has 1 aliphatic heterocycles. The highest BCUT2D eigenvalue weighted by atomic mass is 16.6. The molecule has 3 rings (SSSR count). The number of nitro groups is 1. The van der Waals surface area contributed by atoms with Crippen molar-refractivity contribution in [3.8, 4) is 0 Å². The molecule has 104 valence electrons. The van der Waals surface area contributed by atoms with Gasteiger partial charge in [-0.15, -0.1) is 0 Å². The van der Waals surface area contributed by atoms with Crippen LogP contribution in [-0.4, -0.2) is 28.8 Å². The molecule has 0 radical (unpaired) electrons. The van der Waals surface area contributed by atoms with Gasteiger partial charge in [0.15, 0.2) is 0 Å². The Morgan fingerprint density at radius 1 is 1.35 bits per heavy atom. The number of rotatable bonds is 3. The molecule has 1 saturated carbocycles. The van der Waals surface area contributed by atoms with Gasteiger partial charge in [0.25, 0.3) is 0 Å². The lowest BCUT2D eigenvalue weighted by Gasteiger charge is -2.22. The predicted molar refractivity (Wildman–Crippen MR) is 69.5 cm³/mol. The number of hydrogen-bond donors (Lipinski definition) is 1. The molecule has 2 amide bonds. The van der Waals surface area contributed by atoms with E-state index in [0.717, 1.165) is 5.56 Å². The number of benzene rings is 1. The molecular weight excluding hydrogens is 262 g/mol. The molecule has 0 unspecified atom stereocenters. The van der Waals surface area contributed by atoms with Crippen molar-refractivity contribution in [1.29, 1.82) is 0 Å². The molecule has 7 nitrogen and oxygen atoms in total. The third-order valence-corrected chi connectivity index (χ3v) is 3.89. The van der Waals surface area contributed by atoms with Gasteiger partial charge >= 0.3 is 0 Å². The van der Waals surface area contributed by atoms with E-state index in [1.807, 2.05) is 12.1 Å². The smallest absolute Gasteiger partial charge is 0.240 e. The molecule has 20 heavy (non-hydrogen) atoms. The maximum Gasteiger partial charge on any atom is 0.240 e. The number of fused-ring (bicyclic) bond motifs is 1. The van der Waals surface area contributed by atoms with Crippen molar-refractivity contribution >= 4 is 17.5 Å². The minimum atomic E-state index is -0.830. The fraction of sp³-hybridized carbons (Fsp3) is 0.385. The Morgan fingerprint density at radius 2 is 2.05 bits per heavy atom. The lowest BCUT2D eigenvalue weighted by Crippen LogP contribution is -2.47. The summed E-state index contributed by atoms with van der Waals surface area (Å²) in [5.74, 6) is -1.61. The zero-order valence-electron chi connectivity index (χ0n) is 10.6. The topological polar surface area (TPSA) is 107 Å². The Labute approximate surface area is 114 Å². The number of carbonyl (C=O) groups is 2. The number of para-hydroxylation sites is 1. The summed E-state index contributed by atoms with van der Waals surface area (Å²) in [7, 11) is 0. The van der Waals surface area contributed by atoms with E-state index in [2.05, 4.69) is 0 Å². The lowest BCUT2D eigenvalue weighted by molar-refractivity contribution is -0.497. The summed E-state index contributed by atoms with van der Waals surface area (Å²) in [5, 5.41) is 10.7. The first kappa shape index (κ1) is 12.6. The standard InChI is InChI=1S/C13H13N3O4/c14-12(17)11-5-7-3-1-2-4-9(7)15(11)13(18)8-6-10(8)16(19)20/h1-4,8,10-11H,5-6H2,(H2,14,17)/t8-,10+,11+/m1/s1. The summed E-state index contributed by atoms with van der Waals surface area (Å²) in [5.41, 5.74) is 6.85. The average molecular weight is 275 g/mol. The molecule has 1 fully saturated rings. The number of carbonyl (C=O) groups excluding carboxylic acids is 2. The van der Waals surface area contributed by atoms with Crippen LogP contribution in [0, 0.1) is 16.0 Å². The Morgan fingerprint density at radius 3 is 2.65 bits per heavy atom. The molecule has 7 heteroatoms. The number of nitrogens with two attached hydrogens (primary N) is 1. The van der Waals surface area contributed by atoms with E-state index in [1.54, 1.807) is 12.1 Å². The highest BCUT2D eigenvalue weighted by Crippen LogP contribution is 2.40. The predicted octanol–water partition coefficient (Wildman–Crippen LogP) is 0.0948. The molecule has 1 heterocycles. The van der Waals surface area contributed by atoms with Crippen LogP contribution in [0.5, 0.6) is 0 Å². The summed E-state index contributed by atoms with van der Waals surface area (Å²) in [6.07, 6.45) is 0.600. The van der Waals surface area contributed by atoms with E-state index in [-0.39, 0.29) is 12.3 Å². The van der Waals surface area contributed by atoms with Crippen LogP contribution in [0.2, 0.25) is 0 Å². The van der Waals surface area contributed by atoms with Crippen LogP contribution in [0.15, 0.2) is 24.3 Å². The van der Waals surface area contributed by atoms with Gasteiger partial charge < -0.3 is 5.73 Å². The van der Waals surface area contributed by atoms with Crippen LogP contribution in [0.1, 0.15) is 12.0 Å². The second-order valence-corrected chi connectivity index (χ2v) is 5.15. The number of primary amides is 1. The second kappa shape index (κ2) is 4.29. The summed E-state index contributed by atoms with van der Waals surface area (Å²) in [4.78, 5) is 35.5. The van der Waals surface area contributed by atoms with Gasteiger partial charge in [-0.1, -0.05) is 18.2 Å². The van der Waals surface area contributed by atoms with Crippen LogP contribution < -0.4 is 10.6 Å². The quantitative estimate of drug-likeness (QED) is 0.623. The Bertz CT molecular complexity index is 615. The van der Waals surface area contributed by atoms with Gasteiger partial charge in [-0.2, -0.15) is 0 Å². The summed E-state index contributed by atoms with van der Waals surface area (Å²) >= 11 is 0. The van der Waals surface area contributed by atoms with Crippen molar-refractivity contribution in [2.45, 2.75) is 24.9 Å². The molecule has 0 bridgehead atoms. The summed E-state index contributed by atoms with van der Waals surface area (Å²) in [6.45, 7) is 0. The third kappa shape index (κ3) is 1.82. The molecule has 1 aliphatic carbocycles. The van der Waals surface area contributed by atoms with Crippen molar-refractivity contribution in [2.75, 3.05) is 4.90 Å². The van der Waals surface area contributed by atoms with Gasteiger partial charge in [-0.05, 0) is 11.6 Å². The first-order valence-corrected chi connectivity index (χ1v) is 6.34.